The van der Waals surface area contributed by atoms with Gasteiger partial charge in [0.15, 0.2) is 0 Å². The highest BCUT2D eigenvalue weighted by molar-refractivity contribution is 6.24. The zero-order valence-corrected chi connectivity index (χ0v) is 16.6. The van der Waals surface area contributed by atoms with Crippen molar-refractivity contribution in [1.29, 1.82) is 0 Å². The molecule has 30 heavy (non-hydrogen) atoms. The van der Waals surface area contributed by atoms with Gasteiger partial charge in [-0.15, -0.1) is 0 Å². The molecule has 1 aromatic carbocycles. The Morgan fingerprint density at radius 2 is 2.00 bits per heavy atom. The van der Waals surface area contributed by atoms with E-state index in [1.807, 2.05) is 6.07 Å². The van der Waals surface area contributed by atoms with Gasteiger partial charge in [-0.3, -0.25) is 34.3 Å². The number of carbonyl (C=O) groups excluding carboxylic acids is 4. The van der Waals surface area contributed by atoms with Gasteiger partial charge in [0.05, 0.1) is 16.7 Å². The molecule has 3 atom stereocenters. The van der Waals surface area contributed by atoms with Gasteiger partial charge in [0.25, 0.3) is 11.8 Å². The molecule has 9 nitrogen and oxygen atoms in total. The molecule has 1 aromatic rings. The molecule has 4 amide bonds. The molecule has 3 N–H and O–H groups in total. The van der Waals surface area contributed by atoms with Crippen LogP contribution >= 0.6 is 0 Å². The van der Waals surface area contributed by atoms with E-state index < -0.39 is 23.8 Å². The first-order valence-electron chi connectivity index (χ1n) is 10.3. The first-order valence-corrected chi connectivity index (χ1v) is 10.3. The average Bonchev–Trinajstić information content (AvgIpc) is 3.33. The maximum atomic E-state index is 13.2. The molecule has 4 aliphatic rings. The van der Waals surface area contributed by atoms with Gasteiger partial charge in [-0.25, -0.2) is 0 Å². The van der Waals surface area contributed by atoms with Crippen LogP contribution < -0.4 is 11.1 Å². The molecule has 0 bridgehead atoms. The van der Waals surface area contributed by atoms with Crippen LogP contribution in [0.5, 0.6) is 0 Å². The van der Waals surface area contributed by atoms with Crippen LogP contribution in [0.2, 0.25) is 0 Å². The number of carbonyl (C=O) groups is 4. The minimum absolute atomic E-state index is 0.104. The van der Waals surface area contributed by atoms with Gasteiger partial charge in [-0.1, -0.05) is 12.1 Å². The monoisotopic (exact) mass is 412 g/mol. The quantitative estimate of drug-likeness (QED) is 0.648. The van der Waals surface area contributed by atoms with Crippen molar-refractivity contribution >= 4 is 23.6 Å². The Bertz CT molecular complexity index is 963. The Morgan fingerprint density at radius 3 is 2.73 bits per heavy atom. The van der Waals surface area contributed by atoms with Gasteiger partial charge in [0, 0.05) is 45.1 Å². The lowest BCUT2D eigenvalue weighted by Crippen LogP contribution is -2.54. The summed E-state index contributed by atoms with van der Waals surface area (Å²) < 4.78 is 5.96. The molecule has 5 rings (SSSR count). The topological polar surface area (TPSA) is 122 Å². The molecular weight excluding hydrogens is 388 g/mol. The summed E-state index contributed by atoms with van der Waals surface area (Å²) in [6.07, 6.45) is 1.23. The molecule has 4 aliphatic heterocycles. The molecule has 0 radical (unpaired) electrons. The fourth-order valence-electron chi connectivity index (χ4n) is 5.34. The van der Waals surface area contributed by atoms with Crippen molar-refractivity contribution in [2.75, 3.05) is 26.2 Å². The van der Waals surface area contributed by atoms with E-state index in [0.717, 1.165) is 30.0 Å². The Balaban J connectivity index is 1.40. The Hall–Kier alpha value is -2.62. The summed E-state index contributed by atoms with van der Waals surface area (Å²) >= 11 is 0. The average molecular weight is 412 g/mol. The van der Waals surface area contributed by atoms with Crippen molar-refractivity contribution in [3.63, 3.8) is 0 Å². The minimum atomic E-state index is -0.956. The molecule has 0 aliphatic carbocycles. The van der Waals surface area contributed by atoms with Gasteiger partial charge in [-0.05, 0) is 24.5 Å². The molecule has 9 heteroatoms. The van der Waals surface area contributed by atoms with Gasteiger partial charge < -0.3 is 10.5 Å². The van der Waals surface area contributed by atoms with Gasteiger partial charge in [-0.2, -0.15) is 0 Å². The van der Waals surface area contributed by atoms with Crippen LogP contribution in [0.15, 0.2) is 18.2 Å². The van der Waals surface area contributed by atoms with Crippen LogP contribution in [-0.4, -0.2) is 71.3 Å². The van der Waals surface area contributed by atoms with Crippen molar-refractivity contribution in [1.82, 2.24) is 15.1 Å². The molecule has 0 aromatic heterocycles. The van der Waals surface area contributed by atoms with Crippen molar-refractivity contribution in [3.8, 4) is 0 Å². The number of nitrogens with one attached hydrogen (secondary N) is 1. The van der Waals surface area contributed by atoms with E-state index in [4.69, 9.17) is 10.5 Å². The summed E-state index contributed by atoms with van der Waals surface area (Å²) in [5.41, 5.74) is 7.10. The van der Waals surface area contributed by atoms with E-state index in [0.29, 0.717) is 36.7 Å². The van der Waals surface area contributed by atoms with Crippen LogP contribution in [0.1, 0.15) is 45.5 Å². The second kappa shape index (κ2) is 6.97. The molecule has 3 saturated heterocycles. The summed E-state index contributed by atoms with van der Waals surface area (Å²) in [6.45, 7) is 3.22. The highest BCUT2D eigenvalue weighted by Gasteiger charge is 2.50. The summed E-state index contributed by atoms with van der Waals surface area (Å²) in [4.78, 5) is 53.1. The van der Waals surface area contributed by atoms with Crippen molar-refractivity contribution in [2.45, 2.75) is 37.5 Å². The van der Waals surface area contributed by atoms with E-state index in [1.54, 1.807) is 12.1 Å². The van der Waals surface area contributed by atoms with Crippen molar-refractivity contribution < 1.29 is 23.9 Å². The van der Waals surface area contributed by atoms with Crippen LogP contribution in [0.4, 0.5) is 0 Å². The van der Waals surface area contributed by atoms with Crippen LogP contribution in [0.3, 0.4) is 0 Å². The summed E-state index contributed by atoms with van der Waals surface area (Å²) in [5, 5.41) is 2.22. The van der Waals surface area contributed by atoms with Crippen LogP contribution in [0.25, 0.3) is 0 Å². The number of benzene rings is 1. The largest absolute Gasteiger partial charge is 0.372 e. The van der Waals surface area contributed by atoms with E-state index >= 15 is 0 Å². The fourth-order valence-corrected chi connectivity index (χ4v) is 5.34. The Kier molecular flexibility index (Phi) is 4.49. The molecule has 158 valence electrons. The SMILES string of the molecule is NC[C@]12CN(Cc3cccc4c3C(=O)N(C3CCC(=O)NC3=O)C4=O)C[C@H]1CCO2. The second-order valence-corrected chi connectivity index (χ2v) is 8.56. The number of nitrogens with two attached hydrogens (primary N) is 1. The fraction of sp³-hybridized carbons (Fsp3) is 0.524. The molecular formula is C21H24N4O5. The Morgan fingerprint density at radius 1 is 1.17 bits per heavy atom. The van der Waals surface area contributed by atoms with Crippen LogP contribution in [0, 0.1) is 5.92 Å². The predicted octanol–water partition coefficient (Wildman–Crippen LogP) is -0.363. The minimum Gasteiger partial charge on any atom is -0.372 e. The maximum absolute atomic E-state index is 13.2. The molecule has 1 unspecified atom stereocenters. The second-order valence-electron chi connectivity index (χ2n) is 8.56. The van der Waals surface area contributed by atoms with Gasteiger partial charge in [0.1, 0.15) is 6.04 Å². The lowest BCUT2D eigenvalue weighted by atomic mass is 9.91. The Labute approximate surface area is 173 Å². The number of piperidine rings is 1. The zero-order chi connectivity index (χ0) is 21.0. The van der Waals surface area contributed by atoms with E-state index in [-0.39, 0.29) is 24.3 Å². The smallest absolute Gasteiger partial charge is 0.262 e. The number of hydrogen-bond acceptors (Lipinski definition) is 7. The van der Waals surface area contributed by atoms with Crippen LogP contribution in [-0.2, 0) is 20.9 Å². The lowest BCUT2D eigenvalue weighted by molar-refractivity contribution is -0.136. The third-order valence-electron chi connectivity index (χ3n) is 6.86. The predicted molar refractivity (Wildman–Crippen MR) is 104 cm³/mol. The van der Waals surface area contributed by atoms with Crippen molar-refractivity contribution in [3.05, 3.63) is 34.9 Å². The summed E-state index contributed by atoms with van der Waals surface area (Å²) in [5.74, 6) is -1.56. The standard InChI is InChI=1S/C21H24N4O5/c22-10-21-11-24(9-13(21)6-7-30-21)8-12-2-1-3-14-17(12)20(29)25(19(14)28)15-4-5-16(26)23-18(15)27/h1-3,13,15H,4-11,22H2,(H,23,26,27)/t13-,15?,21+/m1/s1. The first kappa shape index (κ1) is 19.3. The number of nitrogens with zero attached hydrogens (tertiary/aromatic N) is 2. The number of fused-ring (bicyclic) bond motifs is 2. The highest BCUT2D eigenvalue weighted by Crippen LogP contribution is 2.39. The number of rotatable bonds is 4. The van der Waals surface area contributed by atoms with Gasteiger partial charge in [0.2, 0.25) is 11.8 Å². The molecule has 4 heterocycles. The lowest BCUT2D eigenvalue weighted by Gasteiger charge is -2.28. The third kappa shape index (κ3) is 2.80. The van der Waals surface area contributed by atoms with E-state index in [2.05, 4.69) is 10.2 Å². The molecule has 0 spiro atoms. The van der Waals surface area contributed by atoms with E-state index in [1.165, 1.54) is 0 Å². The number of hydrogen-bond donors (Lipinski definition) is 2. The first-order chi connectivity index (χ1) is 14.4. The number of ether oxygens (including phenoxy) is 1. The highest BCUT2D eigenvalue weighted by atomic mass is 16.5. The van der Waals surface area contributed by atoms with Crippen molar-refractivity contribution in [2.24, 2.45) is 11.7 Å². The maximum Gasteiger partial charge on any atom is 0.262 e. The van der Waals surface area contributed by atoms with E-state index in [9.17, 15) is 19.2 Å². The molecule has 0 saturated carbocycles. The number of imide groups is 2. The summed E-state index contributed by atoms with van der Waals surface area (Å²) in [6, 6.07) is 4.28. The number of amides is 4. The zero-order valence-electron chi connectivity index (χ0n) is 16.6. The third-order valence-corrected chi connectivity index (χ3v) is 6.86. The van der Waals surface area contributed by atoms with Gasteiger partial charge >= 0.3 is 0 Å². The number of likely N-dealkylation sites (tertiary alicyclic amines) is 1. The molecule has 3 fully saturated rings. The normalized spacial score (nSPS) is 31.3. The summed E-state index contributed by atoms with van der Waals surface area (Å²) in [7, 11) is 0.